The van der Waals surface area contributed by atoms with Gasteiger partial charge in [-0.05, 0) is 107 Å². The number of aromatic carboxylic acids is 1. The number of sulfonamides is 1. The molecule has 0 spiro atoms. The number of amides is 2. The number of ketones is 1. The Morgan fingerprint density at radius 3 is 1.53 bits per heavy atom. The molecule has 0 fully saturated rings. The van der Waals surface area contributed by atoms with E-state index in [1.54, 1.807) is 26.8 Å². The van der Waals surface area contributed by atoms with Crippen molar-refractivity contribution in [3.8, 4) is 0 Å². The summed E-state index contributed by atoms with van der Waals surface area (Å²) in [5, 5.41) is 11.7. The van der Waals surface area contributed by atoms with Crippen LogP contribution in [0.3, 0.4) is 0 Å². The Morgan fingerprint density at radius 2 is 1.17 bits per heavy atom. The minimum absolute atomic E-state index is 0. The first-order chi connectivity index (χ1) is 32.7. The molecule has 72 heavy (non-hydrogen) atoms. The number of nitrogens with zero attached hydrogens (tertiary/aromatic N) is 3. The van der Waals surface area contributed by atoms with Crippen LogP contribution in [0.1, 0.15) is 71.3 Å². The van der Waals surface area contributed by atoms with Gasteiger partial charge < -0.3 is 9.84 Å². The van der Waals surface area contributed by atoms with Crippen LogP contribution in [0.5, 0.6) is 0 Å². The van der Waals surface area contributed by atoms with Crippen LogP contribution in [0.15, 0.2) is 95.7 Å². The van der Waals surface area contributed by atoms with Gasteiger partial charge in [-0.1, -0.05) is 63.7 Å². The second-order valence-electron chi connectivity index (χ2n) is 14.7. The Morgan fingerprint density at radius 1 is 0.806 bits per heavy atom. The van der Waals surface area contributed by atoms with Crippen LogP contribution in [0.25, 0.3) is 0 Å². The number of Topliss-reactive ketones (excluding diaryl/α,β-unsaturated/α-hetero) is 1. The van der Waals surface area contributed by atoms with Crippen molar-refractivity contribution < 1.29 is 59.8 Å². The number of halogens is 8. The normalized spacial score (nSPS) is 13.6. The second-order valence-corrected chi connectivity index (χ2v) is 20.3. The van der Waals surface area contributed by atoms with E-state index in [1.807, 2.05) is 0 Å². The van der Waals surface area contributed by atoms with Gasteiger partial charge in [0.2, 0.25) is 16.0 Å². The lowest BCUT2D eigenvalue weighted by Crippen LogP contribution is -2.54. The average Bonchev–Trinajstić information content (AvgIpc) is 3.26. The summed E-state index contributed by atoms with van der Waals surface area (Å²) in [6.07, 6.45) is -1.52. The van der Waals surface area contributed by atoms with E-state index >= 15 is 0 Å². The molecule has 366 valence electrons. The molecule has 1 aliphatic rings. The van der Waals surface area contributed by atoms with Gasteiger partial charge in [0.25, 0.3) is 5.91 Å². The first-order valence-corrected chi connectivity index (χ1v) is 24.2. The molecule has 0 bridgehead atoms. The van der Waals surface area contributed by atoms with Crippen molar-refractivity contribution in [2.24, 2.45) is 4.99 Å². The van der Waals surface area contributed by atoms with E-state index in [1.165, 1.54) is 95.7 Å². The van der Waals surface area contributed by atoms with Crippen molar-refractivity contribution in [2.75, 3.05) is 27.0 Å². The van der Waals surface area contributed by atoms with Crippen LogP contribution < -0.4 is 5.32 Å². The van der Waals surface area contributed by atoms with Crippen LogP contribution >= 0.6 is 63.7 Å². The van der Waals surface area contributed by atoms with Crippen molar-refractivity contribution in [3.63, 3.8) is 0 Å². The number of ether oxygens (including phenoxy) is 1. The SMILES string of the molecule is CC(=O)c1cc(Br)ccc1F.CN1C(NC(=O)OC(C)(C)C)=N[C@](C)(c2cc(Br)ccc2F)CS1(=O)=O.CON(C)C(=O)c1cc(Br)ccc1F.O=C(O)c1cc(Br)ccc1F.[B].[B]B([B])[B].[B][B].[B][B][B]. The van der Waals surface area contributed by atoms with Crippen molar-refractivity contribution >= 4 is 179 Å². The molecule has 1 aliphatic heterocycles. The third-order valence-electron chi connectivity index (χ3n) is 7.84. The number of aliphatic imine (C=N–C) groups is 1. The lowest BCUT2D eigenvalue weighted by Gasteiger charge is -2.36. The topological polar surface area (TPSA) is 172 Å². The number of carbonyl (C=O) groups excluding carboxylic acids is 3. The van der Waals surface area contributed by atoms with Crippen molar-refractivity contribution in [3.05, 3.63) is 136 Å². The van der Waals surface area contributed by atoms with Gasteiger partial charge in [0, 0.05) is 114 Å². The van der Waals surface area contributed by atoms with E-state index in [9.17, 15) is 45.2 Å². The summed E-state index contributed by atoms with van der Waals surface area (Å²) in [6, 6.07) is 16.4. The van der Waals surface area contributed by atoms with E-state index in [0.717, 1.165) is 22.5 Å². The molecule has 1 heterocycles. The fourth-order valence-electron chi connectivity index (χ4n) is 4.81. The van der Waals surface area contributed by atoms with Gasteiger partial charge in [-0.15, -0.1) is 0 Å². The van der Waals surface area contributed by atoms with Crippen LogP contribution in [0.2, 0.25) is 0 Å². The summed E-state index contributed by atoms with van der Waals surface area (Å²) in [7, 11) is 32.2. The molecule has 2 N–H and O–H groups in total. The van der Waals surface area contributed by atoms with Crippen molar-refractivity contribution in [1.29, 1.82) is 0 Å². The van der Waals surface area contributed by atoms with Gasteiger partial charge in [0.15, 0.2) is 5.78 Å². The number of benzene rings is 4. The van der Waals surface area contributed by atoms with Crippen LogP contribution in [-0.4, -0.2) is 161 Å². The van der Waals surface area contributed by atoms with Crippen molar-refractivity contribution in [2.45, 2.75) is 45.8 Å². The molecular formula is C40H40B10Br4F4N4O9S. The number of hydrogen-bond donors (Lipinski definition) is 2. The van der Waals surface area contributed by atoms with Crippen LogP contribution in [-0.2, 0) is 25.1 Å². The number of alkyl carbamates (subject to hydrolysis) is 1. The Kier molecular flexibility index (Phi) is 35.2. The van der Waals surface area contributed by atoms with E-state index < -0.39 is 74.5 Å². The van der Waals surface area contributed by atoms with E-state index in [0.29, 0.717) is 17.9 Å². The molecule has 0 aromatic heterocycles. The summed E-state index contributed by atoms with van der Waals surface area (Å²) in [4.78, 5) is 53.6. The van der Waals surface area contributed by atoms with Crippen LogP contribution in [0.4, 0.5) is 22.4 Å². The zero-order valence-electron chi connectivity index (χ0n) is 39.9. The maximum Gasteiger partial charge on any atom is 0.414 e. The van der Waals surface area contributed by atoms with Gasteiger partial charge in [-0.3, -0.25) is 19.7 Å². The predicted molar refractivity (Wildman–Crippen MR) is 296 cm³/mol. The molecule has 0 saturated carbocycles. The molecule has 0 unspecified atom stereocenters. The third-order valence-corrected chi connectivity index (χ3v) is 11.7. The Hall–Kier alpha value is -3.57. The fourth-order valence-corrected chi connectivity index (χ4v) is 7.73. The molecule has 13 nitrogen and oxygen atoms in total. The number of carboxylic acids is 1. The molecule has 4 aromatic rings. The van der Waals surface area contributed by atoms with E-state index in [-0.39, 0.29) is 42.4 Å². The highest BCUT2D eigenvalue weighted by atomic mass is 79.9. The van der Waals surface area contributed by atoms with Gasteiger partial charge in [-0.2, -0.15) is 0 Å². The maximum atomic E-state index is 14.3. The highest BCUT2D eigenvalue weighted by Gasteiger charge is 2.43. The zero-order valence-corrected chi connectivity index (χ0v) is 47.1. The molecule has 5 rings (SSSR count). The predicted octanol–water partition coefficient (Wildman–Crippen LogP) is 6.45. The second kappa shape index (κ2) is 34.8. The number of guanidine groups is 1. The lowest BCUT2D eigenvalue weighted by atomic mass is 9.08. The monoisotopic (exact) mass is 1250 g/mol. The average molecular weight is 1260 g/mol. The summed E-state index contributed by atoms with van der Waals surface area (Å²) in [5.74, 6) is -5.06. The lowest BCUT2D eigenvalue weighted by molar-refractivity contribution is -0.0759. The summed E-state index contributed by atoms with van der Waals surface area (Å²) < 4.78 is 86.6. The summed E-state index contributed by atoms with van der Waals surface area (Å²) in [5.41, 5.74) is -2.30. The first-order valence-electron chi connectivity index (χ1n) is 19.5. The molecule has 2 amide bonds. The van der Waals surface area contributed by atoms with E-state index in [2.05, 4.69) is 133 Å². The van der Waals surface area contributed by atoms with Gasteiger partial charge in [-0.25, -0.2) is 49.9 Å². The molecule has 4 aromatic carbocycles. The standard InChI is InChI=1S/C16H21BrFN3O4S.C9H9BrFNO2.C8H6BrFO.C7H4BrFO2.B4.B3.B2.B/c1-15(2,3)25-14(22)19-13-20-16(4,9-26(23,24)21(13)5)11-8-10(17)6-7-12(11)18;1-12(14-2)9(13)7-5-6(10)3-4-8(7)11;1-5(11)7-4-6(9)2-3-8(7)10;8-4-1-2-6(9)5(3-4)7(10)11;1-4(2)3;1-3-2;1-2;/h6-8H,9H2,1-5H3,(H,19,20,22);3-5H,1-2H3;2-4H,1H3;1-3H,(H,10,11);;;;/t16-;;;;;;;/m0......./s1. The zero-order chi connectivity index (χ0) is 55.8. The van der Waals surface area contributed by atoms with Gasteiger partial charge >= 0.3 is 12.1 Å². The highest BCUT2D eigenvalue weighted by molar-refractivity contribution is 9.11. The maximum absolute atomic E-state index is 14.3. The fraction of sp³-hybridized carbons (Fsp3) is 0.275. The van der Waals surface area contributed by atoms with Gasteiger partial charge in [0.1, 0.15) is 34.4 Å². The Labute approximate surface area is 464 Å². The Balaban J connectivity index is -0.000000881. The van der Waals surface area contributed by atoms with Gasteiger partial charge in [0.05, 0.1) is 29.6 Å². The third kappa shape index (κ3) is 27.1. The molecular weight excluding hydrogens is 1220 g/mol. The molecule has 0 aliphatic carbocycles. The minimum Gasteiger partial charge on any atom is -0.478 e. The van der Waals surface area contributed by atoms with Crippen LogP contribution in [0, 0.1) is 23.3 Å². The molecule has 1 atom stereocenters. The summed E-state index contributed by atoms with van der Waals surface area (Å²) >= 11 is 12.6. The van der Waals surface area contributed by atoms with Crippen molar-refractivity contribution in [1.82, 2.24) is 14.7 Å². The number of hydrogen-bond acceptors (Lipinski definition) is 9. The van der Waals surface area contributed by atoms with E-state index in [4.69, 9.17) is 9.84 Å². The largest absolute Gasteiger partial charge is 0.478 e. The number of carboxylic acid groups (broad SMARTS) is 1. The Bertz CT molecular complexity index is 2500. The molecule has 18 radical (unpaired) electrons. The molecule has 0 saturated heterocycles. The quantitative estimate of drug-likeness (QED) is 0.0987. The number of nitrogens with one attached hydrogen (secondary N) is 1. The first kappa shape index (κ1) is 72.7. The minimum atomic E-state index is -3.84. The molecule has 32 heteroatoms. The smallest absolute Gasteiger partial charge is 0.414 e. The number of hydroxylamine groups is 2. The number of carbonyl (C=O) groups is 4. The highest BCUT2D eigenvalue weighted by Crippen LogP contribution is 2.35. The number of rotatable bonds is 5. The summed E-state index contributed by atoms with van der Waals surface area (Å²) in [6.45, 7) is 7.87.